The van der Waals surface area contributed by atoms with Gasteiger partial charge in [0.1, 0.15) is 12.1 Å². The maximum absolute atomic E-state index is 6.05. The van der Waals surface area contributed by atoms with E-state index < -0.39 is 0 Å². The largest absolute Gasteiger partial charge is 0.356 e. The number of benzene rings is 1. The molecule has 2 fully saturated rings. The molecule has 21 heavy (non-hydrogen) atoms. The van der Waals surface area contributed by atoms with Crippen molar-refractivity contribution in [2.24, 2.45) is 0 Å². The van der Waals surface area contributed by atoms with E-state index in [1.54, 1.807) is 6.33 Å². The Kier molecular flexibility index (Phi) is 3.43. The highest BCUT2D eigenvalue weighted by atomic mass is 35.5. The maximum Gasteiger partial charge on any atom is 0.139 e. The van der Waals surface area contributed by atoms with Gasteiger partial charge in [0.2, 0.25) is 0 Å². The molecule has 0 radical (unpaired) electrons. The zero-order valence-corrected chi connectivity index (χ0v) is 12.7. The highest BCUT2D eigenvalue weighted by Crippen LogP contribution is 2.28. The van der Waals surface area contributed by atoms with Crippen LogP contribution in [0, 0.1) is 0 Å². The molecule has 0 spiro atoms. The first kappa shape index (κ1) is 13.3. The minimum atomic E-state index is 0.677. The minimum absolute atomic E-state index is 0.677. The predicted octanol–water partition coefficient (Wildman–Crippen LogP) is 3.00. The molecule has 5 heteroatoms. The van der Waals surface area contributed by atoms with Crippen molar-refractivity contribution in [3.8, 4) is 0 Å². The lowest BCUT2D eigenvalue weighted by molar-refractivity contribution is 0.412. The normalized spacial score (nSPS) is 20.1. The lowest BCUT2D eigenvalue weighted by atomic mass is 10.0. The Morgan fingerprint density at radius 3 is 2.57 bits per heavy atom. The molecule has 1 saturated heterocycles. The molecule has 4 nitrogen and oxygen atoms in total. The van der Waals surface area contributed by atoms with Crippen LogP contribution in [0.2, 0.25) is 5.02 Å². The summed E-state index contributed by atoms with van der Waals surface area (Å²) in [5.74, 6) is 1.04. The van der Waals surface area contributed by atoms with Crippen molar-refractivity contribution < 1.29 is 0 Å². The van der Waals surface area contributed by atoms with E-state index in [4.69, 9.17) is 11.6 Å². The van der Waals surface area contributed by atoms with E-state index in [0.29, 0.717) is 6.04 Å². The van der Waals surface area contributed by atoms with Gasteiger partial charge in [0, 0.05) is 35.6 Å². The number of nitrogens with one attached hydrogen (secondary N) is 1. The number of halogens is 1. The number of piperidine rings is 1. The molecule has 2 heterocycles. The van der Waals surface area contributed by atoms with Crippen molar-refractivity contribution in [2.75, 3.05) is 18.0 Å². The van der Waals surface area contributed by atoms with E-state index >= 15 is 0 Å². The van der Waals surface area contributed by atoms with Crippen LogP contribution in [-0.4, -0.2) is 35.1 Å². The van der Waals surface area contributed by atoms with Gasteiger partial charge in [0.05, 0.1) is 5.52 Å². The molecule has 1 aliphatic heterocycles. The molecule has 1 aromatic carbocycles. The summed E-state index contributed by atoms with van der Waals surface area (Å²) in [7, 11) is 0. The van der Waals surface area contributed by atoms with Gasteiger partial charge in [-0.25, -0.2) is 9.97 Å². The highest BCUT2D eigenvalue weighted by molar-refractivity contribution is 6.31. The average molecular weight is 303 g/mol. The van der Waals surface area contributed by atoms with Gasteiger partial charge in [0.25, 0.3) is 0 Å². The van der Waals surface area contributed by atoms with Crippen LogP contribution in [-0.2, 0) is 0 Å². The van der Waals surface area contributed by atoms with Gasteiger partial charge >= 0.3 is 0 Å². The average Bonchev–Trinajstić information content (AvgIpc) is 3.31. The van der Waals surface area contributed by atoms with Crippen LogP contribution in [0.25, 0.3) is 10.9 Å². The number of anilines is 1. The molecule has 110 valence electrons. The lowest BCUT2D eigenvalue weighted by Crippen LogP contribution is -2.43. The summed E-state index contributed by atoms with van der Waals surface area (Å²) in [5, 5.41) is 5.55. The van der Waals surface area contributed by atoms with Gasteiger partial charge in [-0.05, 0) is 43.9 Å². The Morgan fingerprint density at radius 2 is 1.81 bits per heavy atom. The van der Waals surface area contributed by atoms with Gasteiger partial charge < -0.3 is 10.2 Å². The summed E-state index contributed by atoms with van der Waals surface area (Å²) in [6.07, 6.45) is 6.74. The fourth-order valence-corrected chi connectivity index (χ4v) is 3.28. The maximum atomic E-state index is 6.05. The SMILES string of the molecule is Clc1ccc2c(N3CCC(NC4CC4)CC3)ncnc2c1. The van der Waals surface area contributed by atoms with Crippen molar-refractivity contribution in [3.63, 3.8) is 0 Å². The Labute approximate surface area is 129 Å². The second-order valence-electron chi connectivity index (χ2n) is 6.06. The van der Waals surface area contributed by atoms with Crippen molar-refractivity contribution in [1.29, 1.82) is 0 Å². The molecule has 1 N–H and O–H groups in total. The summed E-state index contributed by atoms with van der Waals surface area (Å²) in [5.41, 5.74) is 0.922. The fraction of sp³-hybridized carbons (Fsp3) is 0.500. The first-order valence-corrected chi connectivity index (χ1v) is 8.08. The van der Waals surface area contributed by atoms with Gasteiger partial charge in [-0.2, -0.15) is 0 Å². The van der Waals surface area contributed by atoms with Crippen molar-refractivity contribution in [3.05, 3.63) is 29.5 Å². The van der Waals surface area contributed by atoms with Gasteiger partial charge in [-0.1, -0.05) is 11.6 Å². The molecule has 1 aromatic heterocycles. The van der Waals surface area contributed by atoms with E-state index in [-0.39, 0.29) is 0 Å². The van der Waals surface area contributed by atoms with Crippen LogP contribution in [0.3, 0.4) is 0 Å². The predicted molar refractivity (Wildman–Crippen MR) is 85.9 cm³/mol. The molecule has 1 aliphatic carbocycles. The van der Waals surface area contributed by atoms with E-state index in [0.717, 1.165) is 40.9 Å². The first-order valence-electron chi connectivity index (χ1n) is 7.71. The molecule has 2 aliphatic rings. The summed E-state index contributed by atoms with van der Waals surface area (Å²) < 4.78 is 0. The molecular weight excluding hydrogens is 284 g/mol. The summed E-state index contributed by atoms with van der Waals surface area (Å²) in [4.78, 5) is 11.2. The zero-order chi connectivity index (χ0) is 14.2. The van der Waals surface area contributed by atoms with Crippen LogP contribution >= 0.6 is 11.6 Å². The minimum Gasteiger partial charge on any atom is -0.356 e. The zero-order valence-electron chi connectivity index (χ0n) is 11.9. The summed E-state index contributed by atoms with van der Waals surface area (Å²) in [6, 6.07) is 7.32. The van der Waals surface area contributed by atoms with Gasteiger partial charge in [-0.3, -0.25) is 0 Å². The third kappa shape index (κ3) is 2.83. The van der Waals surface area contributed by atoms with E-state index in [9.17, 15) is 0 Å². The molecule has 1 saturated carbocycles. The van der Waals surface area contributed by atoms with Crippen LogP contribution in [0.1, 0.15) is 25.7 Å². The number of hydrogen-bond acceptors (Lipinski definition) is 4. The number of aromatic nitrogens is 2. The molecule has 0 bridgehead atoms. The number of hydrogen-bond donors (Lipinski definition) is 1. The Hall–Kier alpha value is -1.39. The van der Waals surface area contributed by atoms with E-state index in [2.05, 4.69) is 20.2 Å². The standard InChI is InChI=1S/C16H19ClN4/c17-11-1-4-14-15(9-11)18-10-19-16(14)21-7-5-13(6-8-21)20-12-2-3-12/h1,4,9-10,12-13,20H,2-3,5-8H2. The second kappa shape index (κ2) is 5.43. The number of nitrogens with zero attached hydrogens (tertiary/aromatic N) is 3. The Morgan fingerprint density at radius 1 is 1.05 bits per heavy atom. The summed E-state index contributed by atoms with van der Waals surface area (Å²) in [6.45, 7) is 2.11. The smallest absolute Gasteiger partial charge is 0.139 e. The lowest BCUT2D eigenvalue weighted by Gasteiger charge is -2.33. The van der Waals surface area contributed by atoms with E-state index in [1.165, 1.54) is 25.7 Å². The van der Waals surface area contributed by atoms with Crippen LogP contribution < -0.4 is 10.2 Å². The van der Waals surface area contributed by atoms with Gasteiger partial charge in [-0.15, -0.1) is 0 Å². The Balaban J connectivity index is 1.53. The molecule has 2 aromatic rings. The summed E-state index contributed by atoms with van der Waals surface area (Å²) >= 11 is 6.05. The molecule has 0 unspecified atom stereocenters. The van der Waals surface area contributed by atoms with Crippen LogP contribution in [0.4, 0.5) is 5.82 Å². The molecule has 0 atom stereocenters. The second-order valence-corrected chi connectivity index (χ2v) is 6.50. The highest BCUT2D eigenvalue weighted by Gasteiger charge is 2.27. The van der Waals surface area contributed by atoms with Gasteiger partial charge in [0.15, 0.2) is 0 Å². The molecule has 4 rings (SSSR count). The van der Waals surface area contributed by atoms with Crippen molar-refractivity contribution in [2.45, 2.75) is 37.8 Å². The number of fused-ring (bicyclic) bond motifs is 1. The quantitative estimate of drug-likeness (QED) is 0.946. The third-order valence-electron chi connectivity index (χ3n) is 4.42. The first-order chi connectivity index (χ1) is 10.3. The molecule has 0 amide bonds. The fourth-order valence-electron chi connectivity index (χ4n) is 3.11. The van der Waals surface area contributed by atoms with Crippen LogP contribution in [0.15, 0.2) is 24.5 Å². The van der Waals surface area contributed by atoms with Crippen LogP contribution in [0.5, 0.6) is 0 Å². The monoisotopic (exact) mass is 302 g/mol. The van der Waals surface area contributed by atoms with E-state index in [1.807, 2.05) is 18.2 Å². The molecular formula is C16H19ClN4. The van der Waals surface area contributed by atoms with Crippen molar-refractivity contribution in [1.82, 2.24) is 15.3 Å². The Bertz CT molecular complexity index is 648. The number of rotatable bonds is 3. The third-order valence-corrected chi connectivity index (χ3v) is 4.66. The van der Waals surface area contributed by atoms with Crippen molar-refractivity contribution >= 4 is 28.3 Å². The topological polar surface area (TPSA) is 41.0 Å².